The van der Waals surface area contributed by atoms with Crippen LogP contribution in [0.5, 0.6) is 0 Å². The zero-order valence-corrected chi connectivity index (χ0v) is 17.1. The number of ether oxygens (including phenoxy) is 1. The third-order valence-corrected chi connectivity index (χ3v) is 5.67. The van der Waals surface area contributed by atoms with Gasteiger partial charge in [-0.05, 0) is 62.6 Å². The van der Waals surface area contributed by atoms with Crippen LogP contribution in [0.15, 0.2) is 54.6 Å². The number of benzene rings is 2. The minimum Gasteiger partial charge on any atom is -0.478 e. The van der Waals surface area contributed by atoms with Crippen LogP contribution >= 0.6 is 0 Å². The molecule has 0 bridgehead atoms. The standard InChI is InChI=1S/C24H29NO4/c1-24(2)16-18(13-15-29-24)19(17-8-4-3-5-9-17)12-14-25-22(26)20-10-6-7-11-21(20)23(27)28/h3-11,18-19H,12-16H2,1-2H3,(H,25,26)(H,27,28)/t18-,19+/m1/s1. The van der Waals surface area contributed by atoms with E-state index in [1.54, 1.807) is 18.2 Å². The van der Waals surface area contributed by atoms with Crippen molar-refractivity contribution in [1.82, 2.24) is 5.32 Å². The first kappa shape index (κ1) is 21.1. The minimum absolute atomic E-state index is 0.0239. The maximum absolute atomic E-state index is 12.6. The van der Waals surface area contributed by atoms with Gasteiger partial charge in [0.25, 0.3) is 5.91 Å². The Bertz CT molecular complexity index is 847. The zero-order valence-electron chi connectivity index (χ0n) is 17.1. The molecule has 1 saturated heterocycles. The Morgan fingerprint density at radius 2 is 1.76 bits per heavy atom. The molecule has 2 N–H and O–H groups in total. The van der Waals surface area contributed by atoms with Crippen molar-refractivity contribution in [3.8, 4) is 0 Å². The third kappa shape index (κ3) is 5.45. The molecule has 5 nitrogen and oxygen atoms in total. The first-order valence-corrected chi connectivity index (χ1v) is 10.2. The summed E-state index contributed by atoms with van der Waals surface area (Å²) in [5.74, 6) is -0.650. The number of carboxylic acids is 1. The molecule has 2 aromatic carbocycles. The number of nitrogens with one attached hydrogen (secondary N) is 1. The van der Waals surface area contributed by atoms with Gasteiger partial charge >= 0.3 is 5.97 Å². The molecule has 0 aliphatic carbocycles. The van der Waals surface area contributed by atoms with Crippen LogP contribution in [-0.2, 0) is 4.74 Å². The van der Waals surface area contributed by atoms with E-state index in [0.717, 1.165) is 25.9 Å². The molecule has 1 amide bonds. The molecule has 0 unspecified atom stereocenters. The van der Waals surface area contributed by atoms with Crippen LogP contribution in [0.1, 0.15) is 65.3 Å². The predicted molar refractivity (Wildman–Crippen MR) is 112 cm³/mol. The van der Waals surface area contributed by atoms with Crippen molar-refractivity contribution in [1.29, 1.82) is 0 Å². The van der Waals surface area contributed by atoms with E-state index in [2.05, 4.69) is 43.4 Å². The maximum atomic E-state index is 12.6. The van der Waals surface area contributed by atoms with E-state index < -0.39 is 5.97 Å². The SMILES string of the molecule is CC1(C)C[C@H]([C@@H](CCNC(=O)c2ccccc2C(=O)O)c2ccccc2)CCO1. The summed E-state index contributed by atoms with van der Waals surface area (Å²) < 4.78 is 5.89. The van der Waals surface area contributed by atoms with Crippen molar-refractivity contribution >= 4 is 11.9 Å². The monoisotopic (exact) mass is 395 g/mol. The highest BCUT2D eigenvalue weighted by atomic mass is 16.5. The second kappa shape index (κ2) is 9.23. The highest BCUT2D eigenvalue weighted by Gasteiger charge is 2.34. The number of aromatic carboxylic acids is 1. The lowest BCUT2D eigenvalue weighted by Crippen LogP contribution is -2.37. The van der Waals surface area contributed by atoms with Crippen molar-refractivity contribution < 1.29 is 19.4 Å². The molecule has 0 radical (unpaired) electrons. The predicted octanol–water partition coefficient (Wildman–Crippen LogP) is 4.49. The largest absolute Gasteiger partial charge is 0.478 e. The normalized spacial score (nSPS) is 19.3. The molecule has 2 aromatic rings. The van der Waals surface area contributed by atoms with Crippen LogP contribution < -0.4 is 5.32 Å². The molecule has 29 heavy (non-hydrogen) atoms. The van der Waals surface area contributed by atoms with Gasteiger partial charge in [-0.25, -0.2) is 4.79 Å². The Hall–Kier alpha value is -2.66. The Morgan fingerprint density at radius 3 is 2.41 bits per heavy atom. The second-order valence-electron chi connectivity index (χ2n) is 8.27. The van der Waals surface area contributed by atoms with Crippen molar-refractivity contribution in [2.45, 2.75) is 44.6 Å². The van der Waals surface area contributed by atoms with Crippen LogP contribution in [0.25, 0.3) is 0 Å². The summed E-state index contributed by atoms with van der Waals surface area (Å²) in [7, 11) is 0. The van der Waals surface area contributed by atoms with Gasteiger partial charge < -0.3 is 15.2 Å². The van der Waals surface area contributed by atoms with E-state index in [9.17, 15) is 14.7 Å². The molecule has 0 spiro atoms. The molecule has 1 fully saturated rings. The van der Waals surface area contributed by atoms with Gasteiger partial charge in [0.15, 0.2) is 0 Å². The van der Waals surface area contributed by atoms with Crippen molar-refractivity contribution in [2.75, 3.05) is 13.2 Å². The molecule has 1 aliphatic rings. The van der Waals surface area contributed by atoms with Gasteiger partial charge in [0.05, 0.1) is 16.7 Å². The van der Waals surface area contributed by atoms with Crippen LogP contribution in [-0.4, -0.2) is 35.7 Å². The quantitative estimate of drug-likeness (QED) is 0.724. The van der Waals surface area contributed by atoms with Crippen LogP contribution in [0.4, 0.5) is 0 Å². The van der Waals surface area contributed by atoms with Gasteiger partial charge in [0.2, 0.25) is 0 Å². The van der Waals surface area contributed by atoms with Gasteiger partial charge in [-0.3, -0.25) is 4.79 Å². The molecule has 0 aromatic heterocycles. The third-order valence-electron chi connectivity index (χ3n) is 5.67. The molecule has 0 saturated carbocycles. The number of hydrogen-bond acceptors (Lipinski definition) is 3. The van der Waals surface area contributed by atoms with Gasteiger partial charge in [-0.2, -0.15) is 0 Å². The zero-order chi connectivity index (χ0) is 20.9. The number of carbonyl (C=O) groups excluding carboxylic acids is 1. The summed E-state index contributed by atoms with van der Waals surface area (Å²) in [6.07, 6.45) is 2.77. The first-order valence-electron chi connectivity index (χ1n) is 10.2. The van der Waals surface area contributed by atoms with E-state index in [0.29, 0.717) is 18.4 Å². The molecular formula is C24H29NO4. The molecule has 1 aliphatic heterocycles. The van der Waals surface area contributed by atoms with Gasteiger partial charge in [0, 0.05) is 13.2 Å². The number of hydrogen-bond donors (Lipinski definition) is 2. The molecule has 5 heteroatoms. The van der Waals surface area contributed by atoms with E-state index in [-0.39, 0.29) is 22.6 Å². The number of carbonyl (C=O) groups is 2. The van der Waals surface area contributed by atoms with Crippen molar-refractivity contribution in [2.24, 2.45) is 5.92 Å². The smallest absolute Gasteiger partial charge is 0.336 e. The molecule has 1 heterocycles. The Labute approximate surface area is 172 Å². The average molecular weight is 395 g/mol. The van der Waals surface area contributed by atoms with E-state index in [4.69, 9.17) is 4.74 Å². The fourth-order valence-corrected chi connectivity index (χ4v) is 4.30. The van der Waals surface area contributed by atoms with Crippen LogP contribution in [0.2, 0.25) is 0 Å². The van der Waals surface area contributed by atoms with Gasteiger partial charge in [0.1, 0.15) is 0 Å². The lowest BCUT2D eigenvalue weighted by atomic mass is 9.75. The molecule has 2 atom stereocenters. The van der Waals surface area contributed by atoms with E-state index in [1.165, 1.54) is 11.6 Å². The van der Waals surface area contributed by atoms with Crippen molar-refractivity contribution in [3.63, 3.8) is 0 Å². The van der Waals surface area contributed by atoms with Gasteiger partial charge in [-0.1, -0.05) is 42.5 Å². The highest BCUT2D eigenvalue weighted by molar-refractivity contribution is 6.04. The summed E-state index contributed by atoms with van der Waals surface area (Å²) in [5, 5.41) is 12.2. The fraction of sp³-hybridized carbons (Fsp3) is 0.417. The number of amides is 1. The van der Waals surface area contributed by atoms with E-state index >= 15 is 0 Å². The summed E-state index contributed by atoms with van der Waals surface area (Å²) in [4.78, 5) is 23.9. The van der Waals surface area contributed by atoms with E-state index in [1.807, 2.05) is 6.07 Å². The Morgan fingerprint density at radius 1 is 1.10 bits per heavy atom. The van der Waals surface area contributed by atoms with Crippen molar-refractivity contribution in [3.05, 3.63) is 71.3 Å². The summed E-state index contributed by atoms with van der Waals surface area (Å²) in [6, 6.07) is 16.7. The minimum atomic E-state index is -1.10. The van der Waals surface area contributed by atoms with Crippen LogP contribution in [0, 0.1) is 5.92 Å². The van der Waals surface area contributed by atoms with Crippen LogP contribution in [0.3, 0.4) is 0 Å². The summed E-state index contributed by atoms with van der Waals surface area (Å²) in [5.41, 5.74) is 1.36. The molecule has 154 valence electrons. The fourth-order valence-electron chi connectivity index (χ4n) is 4.30. The lowest BCUT2D eigenvalue weighted by molar-refractivity contribution is -0.0771. The lowest BCUT2D eigenvalue weighted by Gasteiger charge is -2.39. The molecule has 3 rings (SSSR count). The highest BCUT2D eigenvalue weighted by Crippen LogP contribution is 2.39. The first-order chi connectivity index (χ1) is 13.9. The maximum Gasteiger partial charge on any atom is 0.336 e. The summed E-state index contributed by atoms with van der Waals surface area (Å²) >= 11 is 0. The second-order valence-corrected chi connectivity index (χ2v) is 8.27. The summed E-state index contributed by atoms with van der Waals surface area (Å²) in [6.45, 7) is 5.50. The topological polar surface area (TPSA) is 75.6 Å². The number of carboxylic acid groups (broad SMARTS) is 1. The molecular weight excluding hydrogens is 366 g/mol. The Balaban J connectivity index is 1.69. The number of rotatable bonds is 7. The average Bonchev–Trinajstić information content (AvgIpc) is 2.71. The van der Waals surface area contributed by atoms with Gasteiger partial charge in [-0.15, -0.1) is 0 Å². The Kier molecular flexibility index (Phi) is 6.70.